The maximum Gasteiger partial charge on any atom is 0.0624 e. The summed E-state index contributed by atoms with van der Waals surface area (Å²) in [6, 6.07) is 1.74. The van der Waals surface area contributed by atoms with Crippen LogP contribution in [-0.4, -0.2) is 28.6 Å². The molecule has 1 aromatic heterocycles. The molecule has 0 radical (unpaired) electrons. The normalized spacial score (nSPS) is 18.2. The summed E-state index contributed by atoms with van der Waals surface area (Å²) in [7, 11) is 2.06. The molecule has 1 aliphatic heterocycles. The molecule has 2 rings (SSSR count). The Morgan fingerprint density at radius 3 is 3.14 bits per heavy atom. The number of aliphatic hydroxyl groups is 1. The molecule has 1 aromatic rings. The molecule has 0 spiro atoms. The van der Waals surface area contributed by atoms with Crippen LogP contribution in [-0.2, 0) is 13.1 Å². The quantitative estimate of drug-likeness (QED) is 0.695. The number of nitrogens with zero attached hydrogens (tertiary/aromatic N) is 2. The molecule has 0 amide bonds. The second-order valence-corrected chi connectivity index (χ2v) is 3.84. The number of hydrogen-bond donors (Lipinski definition) is 2. The topological polar surface area (TPSA) is 62.4 Å². The Morgan fingerprint density at radius 2 is 2.43 bits per heavy atom. The summed E-state index contributed by atoms with van der Waals surface area (Å²) in [6.07, 6.45) is 1.76. The zero-order chi connectivity index (χ0) is 10.1. The van der Waals surface area contributed by atoms with Crippen LogP contribution in [0.3, 0.4) is 0 Å². The van der Waals surface area contributed by atoms with Crippen molar-refractivity contribution >= 4 is 0 Å². The number of aromatic nitrogens is 1. The van der Waals surface area contributed by atoms with Crippen molar-refractivity contribution in [1.29, 1.82) is 0 Å². The van der Waals surface area contributed by atoms with E-state index in [2.05, 4.69) is 16.9 Å². The fourth-order valence-corrected chi connectivity index (χ4v) is 1.75. The van der Waals surface area contributed by atoms with Crippen molar-refractivity contribution in [2.75, 3.05) is 13.7 Å². The second kappa shape index (κ2) is 3.65. The summed E-state index contributed by atoms with van der Waals surface area (Å²) in [5, 5.41) is 8.93. The van der Waals surface area contributed by atoms with Crippen molar-refractivity contribution in [3.63, 3.8) is 0 Å². The Labute approximate surface area is 83.4 Å². The molecule has 1 atom stereocenters. The highest BCUT2D eigenvalue weighted by Gasteiger charge is 2.18. The third-order valence-electron chi connectivity index (χ3n) is 2.57. The summed E-state index contributed by atoms with van der Waals surface area (Å²) < 4.78 is 0. The Kier molecular flexibility index (Phi) is 2.50. The van der Waals surface area contributed by atoms with Gasteiger partial charge in [-0.05, 0) is 24.2 Å². The highest BCUT2D eigenvalue weighted by atomic mass is 16.3. The lowest BCUT2D eigenvalue weighted by atomic mass is 10.1. The first-order valence-electron chi connectivity index (χ1n) is 4.73. The first-order chi connectivity index (χ1) is 6.70. The van der Waals surface area contributed by atoms with Gasteiger partial charge in [0.05, 0.1) is 18.3 Å². The monoisotopic (exact) mass is 193 g/mol. The van der Waals surface area contributed by atoms with Gasteiger partial charge >= 0.3 is 0 Å². The van der Waals surface area contributed by atoms with Crippen LogP contribution < -0.4 is 5.73 Å². The Bertz CT molecular complexity index is 340. The van der Waals surface area contributed by atoms with Gasteiger partial charge in [-0.3, -0.25) is 9.88 Å². The lowest BCUT2D eigenvalue weighted by Gasteiger charge is -2.08. The van der Waals surface area contributed by atoms with E-state index in [1.807, 2.05) is 6.07 Å². The van der Waals surface area contributed by atoms with Gasteiger partial charge in [0.1, 0.15) is 0 Å². The fraction of sp³-hybridized carbons (Fsp3) is 0.500. The predicted molar refractivity (Wildman–Crippen MR) is 53.4 cm³/mol. The van der Waals surface area contributed by atoms with Gasteiger partial charge in [-0.15, -0.1) is 0 Å². The van der Waals surface area contributed by atoms with Crippen LogP contribution >= 0.6 is 0 Å². The Balaban J connectivity index is 2.28. The van der Waals surface area contributed by atoms with E-state index in [4.69, 9.17) is 10.8 Å². The second-order valence-electron chi connectivity index (χ2n) is 3.84. The molecule has 4 nitrogen and oxygen atoms in total. The van der Waals surface area contributed by atoms with Gasteiger partial charge in [0.25, 0.3) is 0 Å². The summed E-state index contributed by atoms with van der Waals surface area (Å²) in [5.41, 5.74) is 8.99. The molecule has 0 aromatic carbocycles. The van der Waals surface area contributed by atoms with Gasteiger partial charge in [0.15, 0.2) is 0 Å². The highest BCUT2D eigenvalue weighted by Crippen LogP contribution is 2.21. The average molecular weight is 193 g/mol. The SMILES string of the molecule is CN1Cc2cc(C(N)CO)cnc2C1. The minimum Gasteiger partial charge on any atom is -0.394 e. The van der Waals surface area contributed by atoms with Crippen molar-refractivity contribution in [3.8, 4) is 0 Å². The van der Waals surface area contributed by atoms with Crippen molar-refractivity contribution in [2.24, 2.45) is 5.73 Å². The van der Waals surface area contributed by atoms with Crippen LogP contribution in [0, 0.1) is 0 Å². The van der Waals surface area contributed by atoms with Gasteiger partial charge < -0.3 is 10.8 Å². The van der Waals surface area contributed by atoms with Gasteiger partial charge in [0.2, 0.25) is 0 Å². The molecule has 0 fully saturated rings. The lowest BCUT2D eigenvalue weighted by Crippen LogP contribution is -2.15. The van der Waals surface area contributed by atoms with Gasteiger partial charge in [-0.1, -0.05) is 0 Å². The molecule has 0 bridgehead atoms. The first-order valence-corrected chi connectivity index (χ1v) is 4.73. The third kappa shape index (κ3) is 1.64. The smallest absolute Gasteiger partial charge is 0.0624 e. The molecular weight excluding hydrogens is 178 g/mol. The standard InChI is InChI=1S/C10H15N3O/c1-13-4-8-2-7(9(11)6-14)3-12-10(8)5-13/h2-3,9,14H,4-6,11H2,1H3. The van der Waals surface area contributed by atoms with E-state index in [-0.39, 0.29) is 12.6 Å². The molecule has 2 heterocycles. The molecule has 0 aliphatic carbocycles. The third-order valence-corrected chi connectivity index (χ3v) is 2.57. The minimum atomic E-state index is -0.307. The molecule has 4 heteroatoms. The predicted octanol–water partition coefficient (Wildman–Crippen LogP) is 0.0191. The van der Waals surface area contributed by atoms with Crippen molar-refractivity contribution in [1.82, 2.24) is 9.88 Å². The molecule has 76 valence electrons. The van der Waals surface area contributed by atoms with Gasteiger partial charge in [0, 0.05) is 19.3 Å². The Hall–Kier alpha value is -0.970. The number of fused-ring (bicyclic) bond motifs is 1. The fourth-order valence-electron chi connectivity index (χ4n) is 1.75. The van der Waals surface area contributed by atoms with Crippen LogP contribution in [0.15, 0.2) is 12.3 Å². The van der Waals surface area contributed by atoms with Crippen LogP contribution in [0.4, 0.5) is 0 Å². The molecule has 1 unspecified atom stereocenters. The van der Waals surface area contributed by atoms with Crippen molar-refractivity contribution < 1.29 is 5.11 Å². The van der Waals surface area contributed by atoms with Crippen molar-refractivity contribution in [3.05, 3.63) is 29.1 Å². The van der Waals surface area contributed by atoms with Crippen molar-refractivity contribution in [2.45, 2.75) is 19.1 Å². The average Bonchev–Trinajstić information content (AvgIpc) is 2.55. The van der Waals surface area contributed by atoms with E-state index in [1.54, 1.807) is 6.20 Å². The molecule has 3 N–H and O–H groups in total. The number of pyridine rings is 1. The maximum atomic E-state index is 8.93. The zero-order valence-corrected chi connectivity index (χ0v) is 8.27. The van der Waals surface area contributed by atoms with E-state index < -0.39 is 0 Å². The molecule has 0 saturated heterocycles. The van der Waals surface area contributed by atoms with Crippen LogP contribution in [0.2, 0.25) is 0 Å². The maximum absolute atomic E-state index is 8.93. The summed E-state index contributed by atoms with van der Waals surface area (Å²) >= 11 is 0. The van der Waals surface area contributed by atoms with Gasteiger partial charge in [-0.2, -0.15) is 0 Å². The van der Waals surface area contributed by atoms with E-state index in [0.717, 1.165) is 24.3 Å². The number of rotatable bonds is 2. The van der Waals surface area contributed by atoms with E-state index in [0.29, 0.717) is 0 Å². The summed E-state index contributed by atoms with van der Waals surface area (Å²) in [6.45, 7) is 1.80. The number of nitrogens with two attached hydrogens (primary N) is 1. The van der Waals surface area contributed by atoms with E-state index in [9.17, 15) is 0 Å². The molecule has 1 aliphatic rings. The minimum absolute atomic E-state index is 0.0314. The van der Waals surface area contributed by atoms with Crippen LogP contribution in [0.25, 0.3) is 0 Å². The summed E-state index contributed by atoms with van der Waals surface area (Å²) in [5.74, 6) is 0. The summed E-state index contributed by atoms with van der Waals surface area (Å²) in [4.78, 5) is 6.55. The number of aliphatic hydroxyl groups excluding tert-OH is 1. The van der Waals surface area contributed by atoms with Gasteiger partial charge in [-0.25, -0.2) is 0 Å². The first kappa shape index (κ1) is 9.58. The van der Waals surface area contributed by atoms with E-state index in [1.165, 1.54) is 5.56 Å². The molecule has 14 heavy (non-hydrogen) atoms. The lowest BCUT2D eigenvalue weighted by molar-refractivity contribution is 0.267. The molecule has 0 saturated carbocycles. The highest BCUT2D eigenvalue weighted by molar-refractivity contribution is 5.29. The van der Waals surface area contributed by atoms with E-state index >= 15 is 0 Å². The molecular formula is C10H15N3O. The van der Waals surface area contributed by atoms with Crippen LogP contribution in [0.5, 0.6) is 0 Å². The van der Waals surface area contributed by atoms with Crippen LogP contribution in [0.1, 0.15) is 22.9 Å². The largest absolute Gasteiger partial charge is 0.394 e. The Morgan fingerprint density at radius 1 is 1.64 bits per heavy atom. The number of hydrogen-bond acceptors (Lipinski definition) is 4. The zero-order valence-electron chi connectivity index (χ0n) is 8.27.